The van der Waals surface area contributed by atoms with Gasteiger partial charge in [0.1, 0.15) is 6.04 Å². The molecular weight excluding hydrogens is 274 g/mol. The zero-order chi connectivity index (χ0) is 13.1. The smallest absolute Gasteiger partial charge is 0.326 e. The lowest BCUT2D eigenvalue weighted by Gasteiger charge is -2.21. The maximum Gasteiger partial charge on any atom is 0.326 e. The van der Waals surface area contributed by atoms with Crippen LogP contribution in [0.5, 0.6) is 0 Å². The summed E-state index contributed by atoms with van der Waals surface area (Å²) in [7, 11) is 0. The van der Waals surface area contributed by atoms with Crippen molar-refractivity contribution in [3.8, 4) is 0 Å². The molecule has 0 aliphatic carbocycles. The van der Waals surface area contributed by atoms with Crippen LogP contribution in [0.4, 0.5) is 0 Å². The second-order valence-electron chi connectivity index (χ2n) is 4.31. The Bertz CT molecular complexity index is 460. The largest absolute Gasteiger partial charge is 0.480 e. The highest BCUT2D eigenvalue weighted by molar-refractivity contribution is 7.10. The first kappa shape index (κ1) is 13.4. The van der Waals surface area contributed by atoms with E-state index in [0.29, 0.717) is 30.8 Å². The van der Waals surface area contributed by atoms with Gasteiger partial charge in [-0.25, -0.2) is 4.79 Å². The van der Waals surface area contributed by atoms with Gasteiger partial charge in [-0.15, -0.1) is 11.3 Å². The number of rotatable bonds is 4. The topological polar surface area (TPSA) is 57.6 Å². The average Bonchev–Trinajstić information content (AvgIpc) is 2.94. The molecule has 2 rings (SSSR count). The summed E-state index contributed by atoms with van der Waals surface area (Å²) in [6.07, 6.45) is 2.30. The number of hydrogen-bond donors (Lipinski definition) is 1. The van der Waals surface area contributed by atoms with E-state index in [4.69, 9.17) is 16.7 Å². The highest BCUT2D eigenvalue weighted by Gasteiger charge is 2.33. The Morgan fingerprint density at radius 1 is 1.56 bits per heavy atom. The molecule has 1 atom stereocenters. The Morgan fingerprint density at radius 2 is 2.33 bits per heavy atom. The zero-order valence-electron chi connectivity index (χ0n) is 9.76. The molecule has 1 amide bonds. The van der Waals surface area contributed by atoms with Crippen LogP contribution in [-0.4, -0.2) is 34.5 Å². The molecule has 1 saturated heterocycles. The standard InChI is InChI=1S/C12H14ClNO3S/c13-8-6-9(18-7-8)3-4-11(15)14-5-1-2-10(14)12(16)17/h6-7,10H,1-5H2,(H,16,17)/t10-/m1/s1. The predicted octanol–water partition coefficient (Wildman–Crippen LogP) is 2.41. The highest BCUT2D eigenvalue weighted by Crippen LogP contribution is 2.22. The summed E-state index contributed by atoms with van der Waals surface area (Å²) in [4.78, 5) is 25.5. The summed E-state index contributed by atoms with van der Waals surface area (Å²) < 4.78 is 0. The van der Waals surface area contributed by atoms with Gasteiger partial charge in [0.05, 0.1) is 5.02 Å². The molecule has 1 aliphatic rings. The molecule has 1 aromatic heterocycles. The molecule has 4 nitrogen and oxygen atoms in total. The number of nitrogens with zero attached hydrogens (tertiary/aromatic N) is 1. The quantitative estimate of drug-likeness (QED) is 0.925. The van der Waals surface area contributed by atoms with Gasteiger partial charge in [-0.1, -0.05) is 11.6 Å². The van der Waals surface area contributed by atoms with Crippen molar-refractivity contribution in [1.82, 2.24) is 4.90 Å². The van der Waals surface area contributed by atoms with E-state index in [0.717, 1.165) is 11.3 Å². The summed E-state index contributed by atoms with van der Waals surface area (Å²) in [5, 5.41) is 11.5. The molecule has 1 N–H and O–H groups in total. The molecule has 1 aromatic rings. The molecule has 1 fully saturated rings. The van der Waals surface area contributed by atoms with E-state index >= 15 is 0 Å². The number of likely N-dealkylation sites (tertiary alicyclic amines) is 1. The summed E-state index contributed by atoms with van der Waals surface area (Å²) >= 11 is 7.33. The number of carboxylic acids is 1. The van der Waals surface area contributed by atoms with E-state index in [9.17, 15) is 9.59 Å². The van der Waals surface area contributed by atoms with Crippen molar-refractivity contribution in [3.63, 3.8) is 0 Å². The molecule has 0 bridgehead atoms. The van der Waals surface area contributed by atoms with Gasteiger partial charge in [-0.3, -0.25) is 4.79 Å². The van der Waals surface area contributed by atoms with Crippen molar-refractivity contribution in [2.24, 2.45) is 0 Å². The molecule has 0 saturated carbocycles. The number of carbonyl (C=O) groups excluding carboxylic acids is 1. The Kier molecular flexibility index (Phi) is 4.24. The van der Waals surface area contributed by atoms with Gasteiger partial charge in [0, 0.05) is 23.2 Å². The molecular formula is C12H14ClNO3S. The summed E-state index contributed by atoms with van der Waals surface area (Å²) in [5.74, 6) is -0.982. The lowest BCUT2D eigenvalue weighted by atomic mass is 10.2. The van der Waals surface area contributed by atoms with Crippen LogP contribution in [0.15, 0.2) is 11.4 Å². The number of amides is 1. The Morgan fingerprint density at radius 3 is 2.94 bits per heavy atom. The minimum absolute atomic E-state index is 0.0792. The van der Waals surface area contributed by atoms with Crippen molar-refractivity contribution in [2.75, 3.05) is 6.54 Å². The lowest BCUT2D eigenvalue weighted by Crippen LogP contribution is -2.40. The van der Waals surface area contributed by atoms with Crippen LogP contribution in [0.3, 0.4) is 0 Å². The van der Waals surface area contributed by atoms with E-state index in [2.05, 4.69) is 0 Å². The molecule has 98 valence electrons. The third-order valence-electron chi connectivity index (χ3n) is 3.07. The molecule has 0 radical (unpaired) electrons. The van der Waals surface area contributed by atoms with Crippen molar-refractivity contribution in [2.45, 2.75) is 31.7 Å². The SMILES string of the molecule is O=C(O)[C@H]1CCCN1C(=O)CCc1cc(Cl)cs1. The summed E-state index contributed by atoms with van der Waals surface area (Å²) in [6.45, 7) is 0.557. The fourth-order valence-electron chi connectivity index (χ4n) is 2.18. The summed E-state index contributed by atoms with van der Waals surface area (Å²) in [6, 6.07) is 1.21. The van der Waals surface area contributed by atoms with Crippen molar-refractivity contribution in [1.29, 1.82) is 0 Å². The molecule has 18 heavy (non-hydrogen) atoms. The predicted molar refractivity (Wildman–Crippen MR) is 70.0 cm³/mol. The summed E-state index contributed by atoms with van der Waals surface area (Å²) in [5.41, 5.74) is 0. The maximum atomic E-state index is 12.0. The molecule has 6 heteroatoms. The number of aryl methyl sites for hydroxylation is 1. The number of carbonyl (C=O) groups is 2. The minimum atomic E-state index is -0.903. The van der Waals surface area contributed by atoms with Gasteiger partial charge in [-0.2, -0.15) is 0 Å². The minimum Gasteiger partial charge on any atom is -0.480 e. The van der Waals surface area contributed by atoms with Gasteiger partial charge in [-0.05, 0) is 25.3 Å². The van der Waals surface area contributed by atoms with Crippen LogP contribution >= 0.6 is 22.9 Å². The zero-order valence-corrected chi connectivity index (χ0v) is 11.3. The Labute approximate surface area is 114 Å². The van der Waals surface area contributed by atoms with Crippen LogP contribution in [0, 0.1) is 0 Å². The van der Waals surface area contributed by atoms with Crippen LogP contribution < -0.4 is 0 Å². The Balaban J connectivity index is 1.89. The molecule has 0 spiro atoms. The van der Waals surface area contributed by atoms with Gasteiger partial charge >= 0.3 is 5.97 Å². The first-order chi connectivity index (χ1) is 8.58. The van der Waals surface area contributed by atoms with Gasteiger partial charge in [0.15, 0.2) is 0 Å². The van der Waals surface area contributed by atoms with Crippen LogP contribution in [0.1, 0.15) is 24.1 Å². The monoisotopic (exact) mass is 287 g/mol. The fourth-order valence-corrected chi connectivity index (χ4v) is 3.26. The van der Waals surface area contributed by atoms with E-state index in [1.807, 2.05) is 11.4 Å². The molecule has 0 aromatic carbocycles. The highest BCUT2D eigenvalue weighted by atomic mass is 35.5. The van der Waals surface area contributed by atoms with Crippen LogP contribution in [-0.2, 0) is 16.0 Å². The third kappa shape index (κ3) is 3.03. The first-order valence-electron chi connectivity index (χ1n) is 5.83. The van der Waals surface area contributed by atoms with E-state index in [-0.39, 0.29) is 5.91 Å². The van der Waals surface area contributed by atoms with Crippen LogP contribution in [0.2, 0.25) is 5.02 Å². The van der Waals surface area contributed by atoms with E-state index in [1.165, 1.54) is 16.2 Å². The van der Waals surface area contributed by atoms with Gasteiger partial charge in [0.2, 0.25) is 5.91 Å². The lowest BCUT2D eigenvalue weighted by molar-refractivity contribution is -0.148. The molecule has 1 aliphatic heterocycles. The van der Waals surface area contributed by atoms with Crippen molar-refractivity contribution >= 4 is 34.8 Å². The number of halogens is 1. The van der Waals surface area contributed by atoms with Crippen molar-refractivity contribution < 1.29 is 14.7 Å². The number of carboxylic acid groups (broad SMARTS) is 1. The second-order valence-corrected chi connectivity index (χ2v) is 5.75. The second kappa shape index (κ2) is 5.71. The number of aliphatic carboxylic acids is 1. The third-order valence-corrected chi connectivity index (χ3v) is 4.41. The van der Waals surface area contributed by atoms with E-state index in [1.54, 1.807) is 0 Å². The van der Waals surface area contributed by atoms with Crippen molar-refractivity contribution in [3.05, 3.63) is 21.3 Å². The number of thiophene rings is 1. The Hall–Kier alpha value is -1.07. The molecule has 2 heterocycles. The normalized spacial score (nSPS) is 19.2. The molecule has 0 unspecified atom stereocenters. The first-order valence-corrected chi connectivity index (χ1v) is 7.09. The van der Waals surface area contributed by atoms with Gasteiger partial charge < -0.3 is 10.0 Å². The van der Waals surface area contributed by atoms with Gasteiger partial charge in [0.25, 0.3) is 0 Å². The maximum absolute atomic E-state index is 12.0. The van der Waals surface area contributed by atoms with E-state index < -0.39 is 12.0 Å². The van der Waals surface area contributed by atoms with Crippen LogP contribution in [0.25, 0.3) is 0 Å². The fraction of sp³-hybridized carbons (Fsp3) is 0.500. The number of hydrogen-bond acceptors (Lipinski definition) is 3. The average molecular weight is 288 g/mol.